The van der Waals surface area contributed by atoms with Crippen LogP contribution in [-0.2, 0) is 14.4 Å². The van der Waals surface area contributed by atoms with Gasteiger partial charge in [-0.1, -0.05) is 38.8 Å². The van der Waals surface area contributed by atoms with Gasteiger partial charge in [0, 0.05) is 16.1 Å². The number of phenols is 1. The molecule has 0 radical (unpaired) electrons. The SMILES string of the molecule is Cc1ccc(S(=O)(=O)ON(N=Cc2cc(Br)cc([N+](=O)[O-])c2O)C(=N)N)cc1. The Morgan fingerprint density at radius 1 is 1.39 bits per heavy atom. The average Bonchev–Trinajstić information content (AvgIpc) is 2.60. The normalized spacial score (nSPS) is 11.5. The number of nitrogens with two attached hydrogens (primary N) is 1. The van der Waals surface area contributed by atoms with E-state index >= 15 is 0 Å². The van der Waals surface area contributed by atoms with Crippen molar-refractivity contribution in [2.24, 2.45) is 10.8 Å². The fraction of sp³-hybridized carbons (Fsp3) is 0.0667. The molecule has 2 aromatic rings. The van der Waals surface area contributed by atoms with E-state index in [0.717, 1.165) is 17.8 Å². The van der Waals surface area contributed by atoms with Gasteiger partial charge in [0.1, 0.15) is 0 Å². The number of nitrogens with one attached hydrogen (secondary N) is 1. The van der Waals surface area contributed by atoms with E-state index in [1.807, 2.05) is 0 Å². The molecule has 2 rings (SSSR count). The standard InChI is InChI=1S/C15H14BrN5O6S/c1-9-2-4-12(5-3-9)28(25,26)27-20(15(17)18)19-8-10-6-11(16)7-13(14(10)22)21(23)24/h2-8,22H,1H3,(H3,17,18). The molecular weight excluding hydrogens is 458 g/mol. The molecule has 0 bridgehead atoms. The minimum absolute atomic E-state index is 0.136. The molecule has 0 fully saturated rings. The summed E-state index contributed by atoms with van der Waals surface area (Å²) in [5, 5.41) is 32.1. The molecule has 0 amide bonds. The van der Waals surface area contributed by atoms with Gasteiger partial charge in [0.2, 0.25) is 11.7 Å². The number of hydrogen-bond donors (Lipinski definition) is 3. The molecule has 4 N–H and O–H groups in total. The minimum atomic E-state index is -4.35. The number of halogens is 1. The van der Waals surface area contributed by atoms with Crippen molar-refractivity contribution < 1.29 is 22.7 Å². The maximum absolute atomic E-state index is 12.3. The summed E-state index contributed by atoms with van der Waals surface area (Å²) < 4.78 is 29.6. The summed E-state index contributed by atoms with van der Waals surface area (Å²) in [5.74, 6) is -1.59. The van der Waals surface area contributed by atoms with Gasteiger partial charge in [-0.05, 0) is 25.1 Å². The molecule has 28 heavy (non-hydrogen) atoms. The lowest BCUT2D eigenvalue weighted by molar-refractivity contribution is -0.385. The van der Waals surface area contributed by atoms with Gasteiger partial charge < -0.3 is 10.8 Å². The number of aromatic hydroxyl groups is 1. The molecule has 0 aliphatic carbocycles. The number of nitro benzene ring substituents is 1. The van der Waals surface area contributed by atoms with Crippen molar-refractivity contribution in [2.75, 3.05) is 0 Å². The van der Waals surface area contributed by atoms with E-state index in [1.165, 1.54) is 18.2 Å². The van der Waals surface area contributed by atoms with E-state index in [0.29, 0.717) is 0 Å². The Labute approximate surface area is 167 Å². The fourth-order valence-corrected chi connectivity index (χ4v) is 3.24. The zero-order valence-electron chi connectivity index (χ0n) is 14.2. The summed E-state index contributed by atoms with van der Waals surface area (Å²) in [6.07, 6.45) is 0.860. The van der Waals surface area contributed by atoms with Crippen molar-refractivity contribution in [3.63, 3.8) is 0 Å². The van der Waals surface area contributed by atoms with Crippen LogP contribution >= 0.6 is 15.9 Å². The van der Waals surface area contributed by atoms with Gasteiger partial charge in [0.25, 0.3) is 0 Å². The van der Waals surface area contributed by atoms with Crippen LogP contribution in [0.2, 0.25) is 0 Å². The van der Waals surface area contributed by atoms with E-state index < -0.39 is 32.4 Å². The van der Waals surface area contributed by atoms with Crippen molar-refractivity contribution in [2.45, 2.75) is 11.8 Å². The summed E-state index contributed by atoms with van der Waals surface area (Å²) in [6.45, 7) is 1.77. The summed E-state index contributed by atoms with van der Waals surface area (Å²) in [5.41, 5.74) is 5.37. The van der Waals surface area contributed by atoms with Crippen molar-refractivity contribution in [3.8, 4) is 5.75 Å². The number of guanidine groups is 1. The second-order valence-corrected chi connectivity index (χ2v) is 7.81. The molecule has 0 aromatic heterocycles. The highest BCUT2D eigenvalue weighted by Crippen LogP contribution is 2.32. The first kappa shape index (κ1) is 21.3. The van der Waals surface area contributed by atoms with Crippen LogP contribution in [0.1, 0.15) is 11.1 Å². The van der Waals surface area contributed by atoms with Crippen LogP contribution in [0.25, 0.3) is 0 Å². The fourth-order valence-electron chi connectivity index (χ4n) is 1.92. The third-order valence-corrected chi connectivity index (χ3v) is 4.91. The Kier molecular flexibility index (Phi) is 6.33. The first-order chi connectivity index (χ1) is 13.0. The highest BCUT2D eigenvalue weighted by Gasteiger charge is 2.22. The Bertz CT molecular complexity index is 1060. The summed E-state index contributed by atoms with van der Waals surface area (Å²) in [7, 11) is -4.35. The van der Waals surface area contributed by atoms with Crippen LogP contribution in [0, 0.1) is 22.4 Å². The molecule has 148 valence electrons. The van der Waals surface area contributed by atoms with Crippen LogP contribution in [0.3, 0.4) is 0 Å². The monoisotopic (exact) mass is 471 g/mol. The summed E-state index contributed by atoms with van der Waals surface area (Å²) in [4.78, 5) is 9.95. The lowest BCUT2D eigenvalue weighted by atomic mass is 10.2. The topological polar surface area (TPSA) is 172 Å². The van der Waals surface area contributed by atoms with E-state index in [-0.39, 0.29) is 20.1 Å². The predicted molar refractivity (Wildman–Crippen MR) is 103 cm³/mol. The second kappa shape index (κ2) is 8.33. The van der Waals surface area contributed by atoms with Gasteiger partial charge in [-0.15, -0.1) is 9.39 Å². The molecule has 0 aliphatic heterocycles. The molecule has 0 saturated heterocycles. The predicted octanol–water partition coefficient (Wildman–Crippen LogP) is 2.22. The lowest BCUT2D eigenvalue weighted by Crippen LogP contribution is -2.34. The Hall–Kier alpha value is -3.03. The van der Waals surface area contributed by atoms with Crippen LogP contribution < -0.4 is 5.73 Å². The smallest absolute Gasteiger partial charge is 0.319 e. The number of hydrazone groups is 1. The van der Waals surface area contributed by atoms with Crippen molar-refractivity contribution in [3.05, 3.63) is 62.1 Å². The number of hydrogen-bond acceptors (Lipinski definition) is 8. The number of phenolic OH excluding ortho intramolecular Hbond substituents is 1. The van der Waals surface area contributed by atoms with E-state index in [9.17, 15) is 23.6 Å². The van der Waals surface area contributed by atoms with Gasteiger partial charge in [-0.2, -0.15) is 8.42 Å². The molecule has 0 saturated carbocycles. The Morgan fingerprint density at radius 3 is 2.54 bits per heavy atom. The molecule has 11 nitrogen and oxygen atoms in total. The molecule has 0 unspecified atom stereocenters. The maximum Gasteiger partial charge on any atom is 0.319 e. The average molecular weight is 472 g/mol. The van der Waals surface area contributed by atoms with Gasteiger partial charge in [0.05, 0.1) is 16.0 Å². The van der Waals surface area contributed by atoms with E-state index in [2.05, 4.69) is 21.0 Å². The number of benzene rings is 2. The molecule has 0 atom stereocenters. The molecule has 13 heteroatoms. The molecule has 0 heterocycles. The quantitative estimate of drug-likeness (QED) is 0.248. The number of nitro groups is 1. The number of nitrogens with zero attached hydrogens (tertiary/aromatic N) is 3. The van der Waals surface area contributed by atoms with Crippen LogP contribution in [0.15, 0.2) is 50.9 Å². The van der Waals surface area contributed by atoms with Gasteiger partial charge >= 0.3 is 15.8 Å². The number of hydroxylamine groups is 1. The first-order valence-corrected chi connectivity index (χ1v) is 9.57. The highest BCUT2D eigenvalue weighted by molar-refractivity contribution is 9.10. The molecule has 2 aromatic carbocycles. The maximum atomic E-state index is 12.3. The van der Waals surface area contributed by atoms with E-state index in [4.69, 9.17) is 15.4 Å². The van der Waals surface area contributed by atoms with Crippen molar-refractivity contribution in [1.29, 1.82) is 5.41 Å². The number of aryl methyl sites for hydroxylation is 1. The molecule has 0 spiro atoms. The third-order valence-electron chi connectivity index (χ3n) is 3.27. The highest BCUT2D eigenvalue weighted by atomic mass is 79.9. The summed E-state index contributed by atoms with van der Waals surface area (Å²) >= 11 is 3.05. The van der Waals surface area contributed by atoms with Gasteiger partial charge in [0.15, 0.2) is 0 Å². The van der Waals surface area contributed by atoms with Crippen molar-refractivity contribution in [1.82, 2.24) is 5.17 Å². The van der Waals surface area contributed by atoms with Crippen LogP contribution in [0.5, 0.6) is 5.75 Å². The Balaban J connectivity index is 2.35. The lowest BCUT2D eigenvalue weighted by Gasteiger charge is -2.15. The van der Waals surface area contributed by atoms with Crippen LogP contribution in [-0.4, -0.2) is 35.8 Å². The van der Waals surface area contributed by atoms with Gasteiger partial charge in [-0.3, -0.25) is 15.5 Å². The second-order valence-electron chi connectivity index (χ2n) is 5.36. The number of rotatable bonds is 6. The van der Waals surface area contributed by atoms with Gasteiger partial charge in [-0.25, -0.2) is 0 Å². The van der Waals surface area contributed by atoms with Crippen LogP contribution in [0.4, 0.5) is 5.69 Å². The van der Waals surface area contributed by atoms with Crippen molar-refractivity contribution >= 4 is 43.9 Å². The Morgan fingerprint density at radius 2 is 2.00 bits per heavy atom. The zero-order chi connectivity index (χ0) is 21.1. The first-order valence-electron chi connectivity index (χ1n) is 7.37. The molecule has 0 aliphatic rings. The largest absolute Gasteiger partial charge is 0.502 e. The third kappa shape index (κ3) is 5.03. The summed E-state index contributed by atoms with van der Waals surface area (Å²) in [6, 6.07) is 8.07. The molecular formula is C15H14BrN5O6S. The minimum Gasteiger partial charge on any atom is -0.502 e. The van der Waals surface area contributed by atoms with E-state index in [1.54, 1.807) is 19.1 Å². The zero-order valence-corrected chi connectivity index (χ0v) is 16.6.